The normalized spacial score (nSPS) is 20.5. The maximum absolute atomic E-state index is 13.4. The number of thiocarbonyl (C=S) groups is 2. The van der Waals surface area contributed by atoms with Crippen LogP contribution in [-0.4, -0.2) is 28.9 Å². The van der Waals surface area contributed by atoms with Crippen molar-refractivity contribution in [3.05, 3.63) is 47.6 Å². The largest absolute Gasteiger partial charge is 0.298 e. The van der Waals surface area contributed by atoms with E-state index in [1.54, 1.807) is 36.5 Å². The molecule has 2 rings (SSSR count). The molecule has 2 aliphatic rings. The van der Waals surface area contributed by atoms with E-state index in [1.165, 1.54) is 0 Å². The summed E-state index contributed by atoms with van der Waals surface area (Å²) < 4.78 is 26.8. The molecule has 116 valence electrons. The van der Waals surface area contributed by atoms with Crippen molar-refractivity contribution in [3.63, 3.8) is 0 Å². The summed E-state index contributed by atoms with van der Waals surface area (Å²) >= 11 is 10.1. The molecule has 0 fully saturated rings. The van der Waals surface area contributed by atoms with Crippen LogP contribution in [0.1, 0.15) is 12.8 Å². The number of halogens is 2. The number of hydrogen-bond acceptors (Lipinski definition) is 3. The molecule has 0 aliphatic heterocycles. The van der Waals surface area contributed by atoms with Gasteiger partial charge in [0.25, 0.3) is 0 Å². The molecule has 0 aromatic rings. The van der Waals surface area contributed by atoms with Gasteiger partial charge in [0.2, 0.25) is 0 Å². The first-order valence-electron chi connectivity index (χ1n) is 7.04. The number of rotatable bonds is 6. The molecule has 0 spiro atoms. The third-order valence-electron chi connectivity index (χ3n) is 3.80. The standard InChI is InChI=1S/C17H16F2OS2/c18-9-15(11-1-5-13(21)6-2-11)17(20)16(10-19)12-3-7-14(22)8-4-12/h1-5,7,15-16H,6,8-10H2. The molecule has 0 amide bonds. The minimum atomic E-state index is -0.941. The Morgan fingerprint density at radius 3 is 1.59 bits per heavy atom. The molecule has 0 saturated heterocycles. The molecule has 2 unspecified atom stereocenters. The summed E-state index contributed by atoms with van der Waals surface area (Å²) in [5, 5.41) is 0. The second-order valence-corrected chi connectivity index (χ2v) is 6.28. The highest BCUT2D eigenvalue weighted by molar-refractivity contribution is 7.81. The molecular weight excluding hydrogens is 322 g/mol. The molecule has 5 heteroatoms. The fraction of sp³-hybridized carbons (Fsp3) is 0.353. The maximum Gasteiger partial charge on any atom is 0.152 e. The molecule has 22 heavy (non-hydrogen) atoms. The van der Waals surface area contributed by atoms with Crippen molar-refractivity contribution in [2.24, 2.45) is 11.8 Å². The van der Waals surface area contributed by atoms with Gasteiger partial charge in [-0.2, -0.15) is 0 Å². The third kappa shape index (κ3) is 3.90. The second-order valence-electron chi connectivity index (χ2n) is 5.23. The Bertz CT molecular complexity index is 562. The van der Waals surface area contributed by atoms with E-state index in [4.69, 9.17) is 24.4 Å². The van der Waals surface area contributed by atoms with Crippen molar-refractivity contribution in [2.75, 3.05) is 13.3 Å². The number of hydrogen-bond donors (Lipinski definition) is 0. The molecule has 0 heterocycles. The molecule has 0 aromatic carbocycles. The topological polar surface area (TPSA) is 17.1 Å². The van der Waals surface area contributed by atoms with Crippen LogP contribution in [0.3, 0.4) is 0 Å². The highest BCUT2D eigenvalue weighted by Gasteiger charge is 2.31. The lowest BCUT2D eigenvalue weighted by Gasteiger charge is -2.22. The van der Waals surface area contributed by atoms with Gasteiger partial charge in [0.05, 0.1) is 11.8 Å². The number of allylic oxidation sites excluding steroid dienone is 8. The minimum absolute atomic E-state index is 0.433. The van der Waals surface area contributed by atoms with Crippen LogP contribution in [0.4, 0.5) is 8.78 Å². The van der Waals surface area contributed by atoms with Gasteiger partial charge in [-0.25, -0.2) is 8.78 Å². The predicted molar refractivity (Wildman–Crippen MR) is 92.8 cm³/mol. The van der Waals surface area contributed by atoms with Gasteiger partial charge in [0.15, 0.2) is 5.78 Å². The molecule has 0 saturated carbocycles. The molecule has 0 N–H and O–H groups in total. The van der Waals surface area contributed by atoms with Crippen LogP contribution in [0, 0.1) is 11.8 Å². The van der Waals surface area contributed by atoms with Crippen LogP contribution in [0.25, 0.3) is 0 Å². The van der Waals surface area contributed by atoms with Crippen LogP contribution < -0.4 is 0 Å². The zero-order valence-corrected chi connectivity index (χ0v) is 13.6. The Kier molecular flexibility index (Phi) is 6.03. The molecular formula is C17H16F2OS2. The van der Waals surface area contributed by atoms with Gasteiger partial charge in [0.1, 0.15) is 13.3 Å². The summed E-state index contributed by atoms with van der Waals surface area (Å²) in [6.45, 7) is -1.68. The lowest BCUT2D eigenvalue weighted by atomic mass is 9.81. The number of alkyl halides is 2. The van der Waals surface area contributed by atoms with E-state index < -0.39 is 31.0 Å². The van der Waals surface area contributed by atoms with Gasteiger partial charge in [-0.05, 0) is 23.3 Å². The first-order chi connectivity index (χ1) is 10.6. The first-order valence-corrected chi connectivity index (χ1v) is 7.86. The average molecular weight is 338 g/mol. The third-order valence-corrected chi connectivity index (χ3v) is 4.41. The SMILES string of the molecule is O=C(C(CF)C1=CCC(=S)C=C1)C(CF)C1=CCC(=S)C=C1. The van der Waals surface area contributed by atoms with Crippen LogP contribution in [-0.2, 0) is 4.79 Å². The summed E-state index contributed by atoms with van der Waals surface area (Å²) in [4.78, 5) is 14.0. The number of carbonyl (C=O) groups is 1. The lowest BCUT2D eigenvalue weighted by Crippen LogP contribution is -2.29. The molecule has 0 bridgehead atoms. The quantitative estimate of drug-likeness (QED) is 0.674. The molecule has 1 nitrogen and oxygen atoms in total. The summed E-state index contributed by atoms with van der Waals surface area (Å²) in [7, 11) is 0. The number of ketones is 1. The zero-order valence-electron chi connectivity index (χ0n) is 11.9. The van der Waals surface area contributed by atoms with Gasteiger partial charge in [-0.15, -0.1) is 0 Å². The predicted octanol–water partition coefficient (Wildman–Crippen LogP) is 4.24. The van der Waals surface area contributed by atoms with Gasteiger partial charge >= 0.3 is 0 Å². The zero-order chi connectivity index (χ0) is 16.1. The van der Waals surface area contributed by atoms with Gasteiger partial charge in [-0.1, -0.05) is 48.7 Å². The van der Waals surface area contributed by atoms with Gasteiger partial charge in [0, 0.05) is 22.6 Å². The fourth-order valence-electron chi connectivity index (χ4n) is 2.51. The lowest BCUT2D eigenvalue weighted by molar-refractivity contribution is -0.125. The van der Waals surface area contributed by atoms with Crippen molar-refractivity contribution < 1.29 is 13.6 Å². The van der Waals surface area contributed by atoms with Crippen LogP contribution >= 0.6 is 24.4 Å². The van der Waals surface area contributed by atoms with E-state index >= 15 is 0 Å². The molecule has 0 radical (unpaired) electrons. The Morgan fingerprint density at radius 1 is 0.909 bits per heavy atom. The first kappa shape index (κ1) is 17.0. The summed E-state index contributed by atoms with van der Waals surface area (Å²) in [5.74, 6) is -2.32. The number of carbonyl (C=O) groups excluding carboxylic acids is 1. The maximum atomic E-state index is 13.4. The number of Topliss-reactive ketones (excluding diaryl/α,β-unsaturated/α-hetero) is 1. The van der Waals surface area contributed by atoms with Crippen LogP contribution in [0.15, 0.2) is 47.6 Å². The van der Waals surface area contributed by atoms with E-state index in [0.717, 1.165) is 9.73 Å². The molecule has 2 atom stereocenters. The van der Waals surface area contributed by atoms with Crippen molar-refractivity contribution in [1.82, 2.24) is 0 Å². The van der Waals surface area contributed by atoms with Crippen molar-refractivity contribution in [2.45, 2.75) is 12.8 Å². The Morgan fingerprint density at radius 2 is 1.32 bits per heavy atom. The Balaban J connectivity index is 2.19. The van der Waals surface area contributed by atoms with Gasteiger partial charge in [-0.3, -0.25) is 4.79 Å². The van der Waals surface area contributed by atoms with E-state index in [2.05, 4.69) is 0 Å². The molecule has 0 aromatic heterocycles. The monoisotopic (exact) mass is 338 g/mol. The van der Waals surface area contributed by atoms with Gasteiger partial charge < -0.3 is 0 Å². The Labute approximate surface area is 139 Å². The van der Waals surface area contributed by atoms with E-state index in [-0.39, 0.29) is 0 Å². The summed E-state index contributed by atoms with van der Waals surface area (Å²) in [6.07, 6.45) is 11.2. The van der Waals surface area contributed by atoms with E-state index in [0.29, 0.717) is 24.0 Å². The highest BCUT2D eigenvalue weighted by atomic mass is 32.1. The summed E-state index contributed by atoms with van der Waals surface area (Å²) in [6, 6.07) is 0. The fourth-order valence-corrected chi connectivity index (χ4v) is 2.81. The van der Waals surface area contributed by atoms with E-state index in [1.807, 2.05) is 0 Å². The highest BCUT2D eigenvalue weighted by Crippen LogP contribution is 2.28. The molecule has 2 aliphatic carbocycles. The van der Waals surface area contributed by atoms with Crippen LogP contribution in [0.2, 0.25) is 0 Å². The second kappa shape index (κ2) is 7.79. The average Bonchev–Trinajstić information content (AvgIpc) is 2.52. The Hall–Kier alpha value is -1.33. The smallest absolute Gasteiger partial charge is 0.152 e. The minimum Gasteiger partial charge on any atom is -0.298 e. The van der Waals surface area contributed by atoms with Crippen molar-refractivity contribution >= 4 is 39.9 Å². The van der Waals surface area contributed by atoms with Crippen LogP contribution in [0.5, 0.6) is 0 Å². The van der Waals surface area contributed by atoms with Crippen molar-refractivity contribution in [1.29, 1.82) is 0 Å². The van der Waals surface area contributed by atoms with Crippen molar-refractivity contribution in [3.8, 4) is 0 Å². The van der Waals surface area contributed by atoms with E-state index in [9.17, 15) is 13.6 Å². The summed E-state index contributed by atoms with van der Waals surface area (Å²) in [5.41, 5.74) is 1.16.